The Morgan fingerprint density at radius 3 is 2.59 bits per heavy atom. The summed E-state index contributed by atoms with van der Waals surface area (Å²) in [5, 5.41) is 0. The van der Waals surface area contributed by atoms with E-state index in [0.29, 0.717) is 30.0 Å². The second-order valence-electron chi connectivity index (χ2n) is 11.2. The van der Waals surface area contributed by atoms with Gasteiger partial charge < -0.3 is 4.74 Å². The predicted octanol–water partition coefficient (Wildman–Crippen LogP) is 6.34. The van der Waals surface area contributed by atoms with Gasteiger partial charge in [0.05, 0.1) is 5.60 Å². The van der Waals surface area contributed by atoms with Crippen LogP contribution in [0.1, 0.15) is 93.5 Å². The highest BCUT2D eigenvalue weighted by Gasteiger charge is 2.64. The molecule has 0 aromatic heterocycles. The quantitative estimate of drug-likeness (QED) is 0.514. The third-order valence-corrected chi connectivity index (χ3v) is 9.85. The fourth-order valence-electron chi connectivity index (χ4n) is 8.33. The summed E-state index contributed by atoms with van der Waals surface area (Å²) in [6, 6.07) is 8.40. The number of hydrogen-bond acceptors (Lipinski definition) is 3. The van der Waals surface area contributed by atoms with E-state index in [1.165, 1.54) is 42.4 Å². The van der Waals surface area contributed by atoms with Crippen LogP contribution in [0.4, 0.5) is 0 Å². The van der Waals surface area contributed by atoms with E-state index in [4.69, 9.17) is 4.74 Å². The van der Waals surface area contributed by atoms with Gasteiger partial charge in [0, 0.05) is 29.9 Å². The Bertz CT molecular complexity index is 1040. The van der Waals surface area contributed by atoms with Crippen LogP contribution in [0, 0.1) is 17.3 Å². The van der Waals surface area contributed by atoms with Gasteiger partial charge in [-0.15, -0.1) is 0 Å². The average Bonchev–Trinajstić information content (AvgIpc) is 3.39. The molecule has 1 heterocycles. The number of Topliss-reactive ketones (excluding diaryl/α,β-unsaturated/α-hetero) is 1. The number of rotatable bonds is 2. The second-order valence-corrected chi connectivity index (χ2v) is 11.2. The average molecular weight is 431 g/mol. The highest BCUT2D eigenvalue weighted by Crippen LogP contribution is 2.69. The standard InChI is InChI=1S/C29H34O3/c1-18(30)19-4-6-20(7-5-19)25-17-28(2)26(12-14-29(28)13-3-15-32-29)24-10-8-21-16-22(31)9-11-23(21)27(24)25/h4-7,16,24-26H,3,8-15,17H2,1-2H3/t24-,25+,26+,28-,29+/m0/s1. The Labute approximate surface area is 191 Å². The summed E-state index contributed by atoms with van der Waals surface area (Å²) in [6.45, 7) is 5.08. The normalized spacial score (nSPS) is 38.4. The molecule has 1 aromatic rings. The monoisotopic (exact) mass is 430 g/mol. The van der Waals surface area contributed by atoms with Gasteiger partial charge in [-0.25, -0.2) is 0 Å². The van der Waals surface area contributed by atoms with Crippen LogP contribution in [0.5, 0.6) is 0 Å². The third kappa shape index (κ3) is 2.83. The summed E-state index contributed by atoms with van der Waals surface area (Å²) >= 11 is 0. The van der Waals surface area contributed by atoms with Crippen molar-refractivity contribution in [1.82, 2.24) is 0 Å². The highest BCUT2D eigenvalue weighted by atomic mass is 16.5. The van der Waals surface area contributed by atoms with Crippen molar-refractivity contribution in [3.63, 3.8) is 0 Å². The molecule has 168 valence electrons. The van der Waals surface area contributed by atoms with E-state index in [0.717, 1.165) is 37.9 Å². The maximum atomic E-state index is 12.2. The lowest BCUT2D eigenvalue weighted by molar-refractivity contribution is -0.114. The Hall–Kier alpha value is -2.00. The van der Waals surface area contributed by atoms with Crippen LogP contribution >= 0.6 is 0 Å². The van der Waals surface area contributed by atoms with Crippen LogP contribution < -0.4 is 0 Å². The maximum absolute atomic E-state index is 12.2. The molecule has 0 radical (unpaired) electrons. The van der Waals surface area contributed by atoms with Crippen molar-refractivity contribution in [3.8, 4) is 0 Å². The van der Waals surface area contributed by atoms with Crippen molar-refractivity contribution in [2.24, 2.45) is 17.3 Å². The lowest BCUT2D eigenvalue weighted by atomic mass is 9.51. The largest absolute Gasteiger partial charge is 0.374 e. The number of hydrogen-bond donors (Lipinski definition) is 0. The van der Waals surface area contributed by atoms with Crippen molar-refractivity contribution < 1.29 is 14.3 Å². The molecule has 0 unspecified atom stereocenters. The van der Waals surface area contributed by atoms with E-state index in [9.17, 15) is 9.59 Å². The van der Waals surface area contributed by atoms with Crippen molar-refractivity contribution in [2.75, 3.05) is 6.61 Å². The minimum atomic E-state index is 0.0457. The van der Waals surface area contributed by atoms with Crippen LogP contribution in [0.2, 0.25) is 0 Å². The first-order valence-corrected chi connectivity index (χ1v) is 12.6. The fraction of sp³-hybridized carbons (Fsp3) is 0.586. The van der Waals surface area contributed by atoms with Gasteiger partial charge in [0.25, 0.3) is 0 Å². The van der Waals surface area contributed by atoms with E-state index < -0.39 is 0 Å². The summed E-state index contributed by atoms with van der Waals surface area (Å²) in [5.41, 5.74) is 6.79. The van der Waals surface area contributed by atoms with Crippen LogP contribution in [0.25, 0.3) is 0 Å². The SMILES string of the molecule is CC(=O)c1ccc([C@H]2C[C@@]3(C)[C@H](CC[C@]34CCCO4)[C@@H]3CCC4=CC(=O)CCC4=C32)cc1. The molecule has 4 aliphatic carbocycles. The number of carbonyl (C=O) groups is 2. The van der Waals surface area contributed by atoms with Crippen LogP contribution in [-0.4, -0.2) is 23.8 Å². The van der Waals surface area contributed by atoms with Crippen LogP contribution in [0.3, 0.4) is 0 Å². The number of fused-ring (bicyclic) bond motifs is 5. The first-order chi connectivity index (χ1) is 15.4. The second kappa shape index (κ2) is 7.25. The van der Waals surface area contributed by atoms with E-state index in [1.54, 1.807) is 12.5 Å². The van der Waals surface area contributed by atoms with Crippen molar-refractivity contribution in [3.05, 3.63) is 58.2 Å². The zero-order chi connectivity index (χ0) is 22.1. The minimum absolute atomic E-state index is 0.0457. The molecule has 5 aliphatic rings. The molecule has 1 aliphatic heterocycles. The topological polar surface area (TPSA) is 43.4 Å². The molecule has 3 nitrogen and oxygen atoms in total. The maximum Gasteiger partial charge on any atom is 0.159 e. The molecule has 1 spiro atoms. The molecule has 3 heteroatoms. The summed E-state index contributed by atoms with van der Waals surface area (Å²) in [4.78, 5) is 24.1. The summed E-state index contributed by atoms with van der Waals surface area (Å²) < 4.78 is 6.59. The van der Waals surface area contributed by atoms with E-state index >= 15 is 0 Å². The number of benzene rings is 1. The lowest BCUT2D eigenvalue weighted by Crippen LogP contribution is -2.51. The molecule has 0 bridgehead atoms. The molecule has 2 saturated carbocycles. The van der Waals surface area contributed by atoms with Gasteiger partial charge in [-0.2, -0.15) is 0 Å². The van der Waals surface area contributed by atoms with E-state index in [2.05, 4.69) is 19.1 Å². The predicted molar refractivity (Wildman–Crippen MR) is 125 cm³/mol. The molecule has 6 rings (SSSR count). The first kappa shape index (κ1) is 20.6. The van der Waals surface area contributed by atoms with Gasteiger partial charge in [-0.05, 0) is 92.9 Å². The fourth-order valence-corrected chi connectivity index (χ4v) is 8.33. The van der Waals surface area contributed by atoms with Crippen molar-refractivity contribution >= 4 is 11.6 Å². The van der Waals surface area contributed by atoms with Gasteiger partial charge in [0.15, 0.2) is 11.6 Å². The molecule has 0 amide bonds. The highest BCUT2D eigenvalue weighted by molar-refractivity contribution is 5.94. The van der Waals surface area contributed by atoms with Crippen molar-refractivity contribution in [2.45, 2.75) is 83.2 Å². The smallest absolute Gasteiger partial charge is 0.159 e. The van der Waals surface area contributed by atoms with Gasteiger partial charge in [0.1, 0.15) is 0 Å². The van der Waals surface area contributed by atoms with Crippen LogP contribution in [0.15, 0.2) is 47.1 Å². The summed E-state index contributed by atoms with van der Waals surface area (Å²) in [7, 11) is 0. The molecule has 5 atom stereocenters. The number of allylic oxidation sites excluding steroid dienone is 4. The molecule has 3 fully saturated rings. The van der Waals surface area contributed by atoms with Gasteiger partial charge in [-0.1, -0.05) is 36.8 Å². The van der Waals surface area contributed by atoms with Gasteiger partial charge >= 0.3 is 0 Å². The first-order valence-electron chi connectivity index (χ1n) is 12.6. The molecule has 0 N–H and O–H groups in total. The number of ketones is 2. The Kier molecular flexibility index (Phi) is 4.67. The summed E-state index contributed by atoms with van der Waals surface area (Å²) in [6.07, 6.45) is 11.7. The zero-order valence-electron chi connectivity index (χ0n) is 19.4. The molecule has 1 aromatic carbocycles. The van der Waals surface area contributed by atoms with E-state index in [-0.39, 0.29) is 16.8 Å². The Balaban J connectivity index is 1.50. The van der Waals surface area contributed by atoms with Gasteiger partial charge in [0.2, 0.25) is 0 Å². The van der Waals surface area contributed by atoms with Gasteiger partial charge in [-0.3, -0.25) is 9.59 Å². The minimum Gasteiger partial charge on any atom is -0.374 e. The molecular formula is C29H34O3. The zero-order valence-corrected chi connectivity index (χ0v) is 19.4. The lowest BCUT2D eigenvalue weighted by Gasteiger charge is -2.55. The summed E-state index contributed by atoms with van der Waals surface area (Å²) in [5.74, 6) is 2.04. The number of carbonyl (C=O) groups excluding carboxylic acids is 2. The molecule has 32 heavy (non-hydrogen) atoms. The number of ether oxygens (including phenoxy) is 1. The Morgan fingerprint density at radius 2 is 1.88 bits per heavy atom. The Morgan fingerprint density at radius 1 is 1.06 bits per heavy atom. The molecule has 1 saturated heterocycles. The third-order valence-electron chi connectivity index (χ3n) is 9.85. The van der Waals surface area contributed by atoms with Crippen molar-refractivity contribution in [1.29, 1.82) is 0 Å². The molecular weight excluding hydrogens is 396 g/mol. The van der Waals surface area contributed by atoms with E-state index in [1.807, 2.05) is 18.2 Å². The van der Waals surface area contributed by atoms with Crippen LogP contribution in [-0.2, 0) is 9.53 Å².